The van der Waals surface area contributed by atoms with Gasteiger partial charge in [-0.25, -0.2) is 4.99 Å². The molecule has 0 fully saturated rings. The van der Waals surface area contributed by atoms with Crippen molar-refractivity contribution in [1.29, 1.82) is 0 Å². The van der Waals surface area contributed by atoms with Crippen molar-refractivity contribution in [2.75, 3.05) is 7.11 Å². The first-order valence-electron chi connectivity index (χ1n) is 9.35. The van der Waals surface area contributed by atoms with E-state index in [1.165, 1.54) is 18.4 Å². The van der Waals surface area contributed by atoms with Crippen molar-refractivity contribution in [1.82, 2.24) is 4.57 Å². The number of halogens is 1. The van der Waals surface area contributed by atoms with Crippen LogP contribution in [0.2, 0.25) is 0 Å². The summed E-state index contributed by atoms with van der Waals surface area (Å²) in [5, 5.41) is 0. The summed E-state index contributed by atoms with van der Waals surface area (Å²) in [6.45, 7) is 1.77. The Morgan fingerprint density at radius 1 is 1.30 bits per heavy atom. The quantitative estimate of drug-likeness (QED) is 0.376. The Kier molecular flexibility index (Phi) is 4.59. The van der Waals surface area contributed by atoms with Crippen LogP contribution in [0.3, 0.4) is 0 Å². The number of carbonyl (C=O) groups excluding carboxylic acids is 1. The van der Waals surface area contributed by atoms with Gasteiger partial charge in [0.25, 0.3) is 5.56 Å². The van der Waals surface area contributed by atoms with E-state index in [-0.39, 0.29) is 5.56 Å². The number of fused-ring (bicyclic) bond motifs is 6. The fourth-order valence-corrected chi connectivity index (χ4v) is 5.85. The highest BCUT2D eigenvalue weighted by Crippen LogP contribution is 2.47. The fourth-order valence-electron chi connectivity index (χ4n) is 4.18. The number of methoxy groups -OCH3 is 1. The monoisotopic (exact) mass is 532 g/mol. The van der Waals surface area contributed by atoms with Crippen LogP contribution < -0.4 is 19.6 Å². The molecule has 6 nitrogen and oxygen atoms in total. The molecular formula is C22H17IN2O4S. The summed E-state index contributed by atoms with van der Waals surface area (Å²) in [7, 11) is 1.34. The molecule has 2 aliphatic rings. The minimum absolute atomic E-state index is 0.171. The Balaban J connectivity index is 1.80. The van der Waals surface area contributed by atoms with Crippen molar-refractivity contribution in [3.8, 4) is 5.75 Å². The van der Waals surface area contributed by atoms with Gasteiger partial charge in [-0.2, -0.15) is 0 Å². The highest BCUT2D eigenvalue weighted by molar-refractivity contribution is 14.1. The van der Waals surface area contributed by atoms with E-state index >= 15 is 0 Å². The van der Waals surface area contributed by atoms with Gasteiger partial charge in [-0.15, -0.1) is 0 Å². The van der Waals surface area contributed by atoms with Crippen LogP contribution in [-0.4, -0.2) is 23.4 Å². The first kappa shape index (κ1) is 19.5. The molecule has 3 aromatic rings. The average molecular weight is 532 g/mol. The van der Waals surface area contributed by atoms with Crippen LogP contribution in [0.1, 0.15) is 24.1 Å². The molecule has 0 radical (unpaired) electrons. The van der Waals surface area contributed by atoms with Crippen LogP contribution in [0.25, 0.3) is 6.08 Å². The predicted octanol–water partition coefficient (Wildman–Crippen LogP) is 2.46. The number of para-hydroxylation sites is 1. The van der Waals surface area contributed by atoms with E-state index in [9.17, 15) is 9.59 Å². The lowest BCUT2D eigenvalue weighted by Gasteiger charge is -2.44. The Bertz CT molecular complexity index is 1360. The zero-order valence-corrected chi connectivity index (χ0v) is 19.1. The molecule has 2 bridgehead atoms. The van der Waals surface area contributed by atoms with Crippen LogP contribution in [0.15, 0.2) is 58.3 Å². The number of hydrogen-bond acceptors (Lipinski definition) is 6. The van der Waals surface area contributed by atoms with Crippen molar-refractivity contribution in [2.24, 2.45) is 10.9 Å². The van der Waals surface area contributed by atoms with E-state index in [0.29, 0.717) is 15.1 Å². The third-order valence-electron chi connectivity index (χ3n) is 5.48. The van der Waals surface area contributed by atoms with Crippen LogP contribution in [0.5, 0.6) is 5.75 Å². The Hall–Kier alpha value is -2.46. The predicted molar refractivity (Wildman–Crippen MR) is 121 cm³/mol. The van der Waals surface area contributed by atoms with Gasteiger partial charge in [0.2, 0.25) is 5.72 Å². The van der Waals surface area contributed by atoms with E-state index < -0.39 is 23.7 Å². The summed E-state index contributed by atoms with van der Waals surface area (Å²) < 4.78 is 14.5. The number of nitrogens with zero attached hydrogens (tertiary/aromatic N) is 2. The number of benzene rings is 2. The first-order chi connectivity index (χ1) is 14.4. The molecule has 152 valence electrons. The number of aromatic nitrogens is 1. The molecule has 0 unspecified atom stereocenters. The van der Waals surface area contributed by atoms with Gasteiger partial charge < -0.3 is 9.47 Å². The number of ether oxygens (including phenoxy) is 2. The summed E-state index contributed by atoms with van der Waals surface area (Å²) in [6, 6.07) is 14.8. The van der Waals surface area contributed by atoms with Crippen LogP contribution in [0.4, 0.5) is 0 Å². The Labute approximate surface area is 189 Å². The van der Waals surface area contributed by atoms with Gasteiger partial charge in [-0.1, -0.05) is 41.7 Å². The molecule has 5 rings (SSSR count). The molecule has 0 saturated heterocycles. The molecule has 0 amide bonds. The van der Waals surface area contributed by atoms with Crippen LogP contribution in [-0.2, 0) is 9.53 Å². The molecular weight excluding hydrogens is 515 g/mol. The summed E-state index contributed by atoms with van der Waals surface area (Å²) in [5.41, 5.74) is 0.397. The van der Waals surface area contributed by atoms with Gasteiger partial charge in [-0.05, 0) is 59.4 Å². The zero-order valence-electron chi connectivity index (χ0n) is 16.2. The molecule has 30 heavy (non-hydrogen) atoms. The minimum Gasteiger partial charge on any atom is -0.469 e. The second-order valence-electron chi connectivity index (χ2n) is 7.38. The van der Waals surface area contributed by atoms with E-state index in [1.54, 1.807) is 11.5 Å². The van der Waals surface area contributed by atoms with Crippen LogP contribution >= 0.6 is 33.9 Å². The maximum atomic E-state index is 13.5. The smallest absolute Gasteiger partial charge is 0.317 e. The van der Waals surface area contributed by atoms with E-state index in [2.05, 4.69) is 22.6 Å². The van der Waals surface area contributed by atoms with Crippen molar-refractivity contribution in [3.05, 3.63) is 82.9 Å². The fraction of sp³-hybridized carbons (Fsp3) is 0.227. The highest BCUT2D eigenvalue weighted by atomic mass is 127. The number of esters is 1. The summed E-state index contributed by atoms with van der Waals surface area (Å²) in [5.74, 6) is -0.587. The van der Waals surface area contributed by atoms with E-state index in [0.717, 1.165) is 14.7 Å². The molecule has 2 aromatic carbocycles. The number of carbonyl (C=O) groups is 1. The maximum Gasteiger partial charge on any atom is 0.317 e. The average Bonchev–Trinajstić information content (AvgIpc) is 3.00. The van der Waals surface area contributed by atoms with Gasteiger partial charge in [0.15, 0.2) is 4.80 Å². The lowest BCUT2D eigenvalue weighted by atomic mass is 9.81. The van der Waals surface area contributed by atoms with E-state index in [4.69, 9.17) is 14.5 Å². The molecule has 1 aromatic heterocycles. The normalized spacial score (nSPS) is 24.3. The highest BCUT2D eigenvalue weighted by Gasteiger charge is 2.55. The third-order valence-corrected chi connectivity index (χ3v) is 7.14. The Morgan fingerprint density at radius 3 is 2.87 bits per heavy atom. The van der Waals surface area contributed by atoms with Crippen LogP contribution in [0, 0.1) is 9.49 Å². The Morgan fingerprint density at radius 2 is 2.10 bits per heavy atom. The number of thiazole rings is 1. The standard InChI is InChI=1S/C22H17IN2O4S/c1-22-17(20(27)28-2)18(14-8-3-4-9-15(14)29-22)25-19(26)16(30-21(25)24-22)11-12-6-5-7-13(23)10-12/h3-11,17-18H,1-2H3/b16-11+/t17-,18-,22-/m0/s1. The van der Waals surface area contributed by atoms with Gasteiger partial charge in [0.1, 0.15) is 11.7 Å². The molecule has 0 spiro atoms. The lowest BCUT2D eigenvalue weighted by molar-refractivity contribution is -0.158. The molecule has 0 aliphatic carbocycles. The lowest BCUT2D eigenvalue weighted by Crippen LogP contribution is -2.58. The van der Waals surface area contributed by atoms with Gasteiger partial charge in [0, 0.05) is 9.13 Å². The molecule has 0 saturated carbocycles. The van der Waals surface area contributed by atoms with Gasteiger partial charge in [0.05, 0.1) is 17.7 Å². The van der Waals surface area contributed by atoms with Crippen molar-refractivity contribution in [3.63, 3.8) is 0 Å². The molecule has 3 heterocycles. The molecule has 3 atom stereocenters. The first-order valence-corrected chi connectivity index (χ1v) is 11.2. The largest absolute Gasteiger partial charge is 0.469 e. The topological polar surface area (TPSA) is 69.9 Å². The summed E-state index contributed by atoms with van der Waals surface area (Å²) in [4.78, 5) is 31.5. The van der Waals surface area contributed by atoms with Gasteiger partial charge >= 0.3 is 5.97 Å². The van der Waals surface area contributed by atoms with Crippen molar-refractivity contribution < 1.29 is 14.3 Å². The van der Waals surface area contributed by atoms with Crippen molar-refractivity contribution >= 4 is 46.0 Å². The van der Waals surface area contributed by atoms with E-state index in [1.807, 2.05) is 54.6 Å². The van der Waals surface area contributed by atoms with Gasteiger partial charge in [-0.3, -0.25) is 14.2 Å². The maximum absolute atomic E-state index is 13.5. The molecule has 2 aliphatic heterocycles. The number of hydrogen-bond donors (Lipinski definition) is 0. The molecule has 0 N–H and O–H groups in total. The second-order valence-corrected chi connectivity index (χ2v) is 9.63. The summed E-state index contributed by atoms with van der Waals surface area (Å²) in [6.07, 6.45) is 1.86. The third kappa shape index (κ3) is 2.92. The number of rotatable bonds is 2. The molecule has 8 heteroatoms. The summed E-state index contributed by atoms with van der Waals surface area (Å²) >= 11 is 3.55. The second kappa shape index (κ2) is 7.05. The SMILES string of the molecule is COC(=O)[C@@H]1[C@@H]2c3ccccc3O[C@]1(C)N=c1s/c(=C/c3cccc(I)c3)c(=O)n12. The zero-order chi connectivity index (χ0) is 21.0. The minimum atomic E-state index is -1.15. The van der Waals surface area contributed by atoms with Crippen molar-refractivity contribution in [2.45, 2.75) is 18.7 Å².